The van der Waals surface area contributed by atoms with Gasteiger partial charge < -0.3 is 9.80 Å². The van der Waals surface area contributed by atoms with Gasteiger partial charge >= 0.3 is 0 Å². The molecular weight excluding hydrogens is 231 g/mol. The second kappa shape index (κ2) is 6.31. The van der Waals surface area contributed by atoms with Crippen molar-refractivity contribution in [2.75, 3.05) is 32.6 Å². The Labute approximate surface area is 108 Å². The molecule has 3 nitrogen and oxygen atoms in total. The van der Waals surface area contributed by atoms with Crippen molar-refractivity contribution >= 4 is 17.7 Å². The molecule has 0 saturated carbocycles. The molecule has 4 heteroatoms. The summed E-state index contributed by atoms with van der Waals surface area (Å²) in [5.74, 6) is -0.583. The van der Waals surface area contributed by atoms with Crippen molar-refractivity contribution in [2.45, 2.75) is 6.92 Å². The van der Waals surface area contributed by atoms with Crippen molar-refractivity contribution < 1.29 is 9.18 Å². The summed E-state index contributed by atoms with van der Waals surface area (Å²) >= 11 is 0. The Bertz CT molecular complexity index is 455. The van der Waals surface area contributed by atoms with Crippen LogP contribution in [0.3, 0.4) is 0 Å². The average molecular weight is 250 g/mol. The fourth-order valence-corrected chi connectivity index (χ4v) is 1.46. The maximum Gasteiger partial charge on any atom is 0.223 e. The van der Waals surface area contributed by atoms with Gasteiger partial charge in [0.15, 0.2) is 0 Å². The third kappa shape index (κ3) is 3.96. The lowest BCUT2D eigenvalue weighted by Crippen LogP contribution is -2.23. The minimum atomic E-state index is -0.391. The monoisotopic (exact) mass is 250 g/mol. The highest BCUT2D eigenvalue weighted by molar-refractivity contribution is 5.91. The van der Waals surface area contributed by atoms with Crippen LogP contribution in [-0.2, 0) is 4.79 Å². The molecule has 0 aliphatic heterocycles. The number of hydrogen-bond acceptors (Lipinski definition) is 2. The van der Waals surface area contributed by atoms with Crippen LogP contribution in [0.5, 0.6) is 0 Å². The van der Waals surface area contributed by atoms with E-state index in [1.165, 1.54) is 17.9 Å². The van der Waals surface area contributed by atoms with E-state index in [9.17, 15) is 9.18 Å². The second-order valence-electron chi connectivity index (χ2n) is 4.45. The Hall–Kier alpha value is -1.68. The Morgan fingerprint density at radius 2 is 2.00 bits per heavy atom. The summed E-state index contributed by atoms with van der Waals surface area (Å²) < 4.78 is 13.6. The van der Waals surface area contributed by atoms with E-state index in [1.54, 1.807) is 19.2 Å². The molecule has 0 heterocycles. The number of likely N-dealkylation sites (N-methyl/N-ethyl adjacent to an activating group) is 1. The van der Waals surface area contributed by atoms with Gasteiger partial charge in [-0.05, 0) is 31.8 Å². The molecule has 0 spiro atoms. The van der Waals surface area contributed by atoms with Gasteiger partial charge in [0.1, 0.15) is 5.82 Å². The first-order valence-corrected chi connectivity index (χ1v) is 5.77. The molecule has 0 atom stereocenters. The van der Waals surface area contributed by atoms with Gasteiger partial charge in [-0.1, -0.05) is 18.2 Å². The second-order valence-corrected chi connectivity index (χ2v) is 4.45. The zero-order valence-corrected chi connectivity index (χ0v) is 11.3. The number of carbonyl (C=O) groups is 1. The molecule has 18 heavy (non-hydrogen) atoms. The lowest BCUT2D eigenvalue weighted by Gasteiger charge is -2.16. The van der Waals surface area contributed by atoms with Gasteiger partial charge in [0.25, 0.3) is 0 Å². The smallest absolute Gasteiger partial charge is 0.223 e. The average Bonchev–Trinajstić information content (AvgIpc) is 2.29. The lowest BCUT2D eigenvalue weighted by molar-refractivity contribution is -0.116. The number of amides is 1. The molecule has 98 valence electrons. The summed E-state index contributed by atoms with van der Waals surface area (Å²) in [6, 6.07) is 4.74. The summed E-state index contributed by atoms with van der Waals surface area (Å²) in [7, 11) is 5.52. The zero-order valence-electron chi connectivity index (χ0n) is 11.3. The summed E-state index contributed by atoms with van der Waals surface area (Å²) in [5, 5.41) is 0. The highest BCUT2D eigenvalue weighted by Gasteiger charge is 2.10. The third-order valence-electron chi connectivity index (χ3n) is 2.58. The van der Waals surface area contributed by atoms with Gasteiger partial charge in [0.2, 0.25) is 5.91 Å². The number of halogens is 1. The summed E-state index contributed by atoms with van der Waals surface area (Å²) in [4.78, 5) is 14.6. The third-order valence-corrected chi connectivity index (χ3v) is 2.58. The van der Waals surface area contributed by atoms with Gasteiger partial charge in [0.05, 0.1) is 5.69 Å². The minimum Gasteiger partial charge on any atom is -0.313 e. The molecule has 1 rings (SSSR count). The summed E-state index contributed by atoms with van der Waals surface area (Å²) in [6.07, 6.45) is 3.90. The molecule has 0 saturated heterocycles. The van der Waals surface area contributed by atoms with Gasteiger partial charge in [0, 0.05) is 20.5 Å². The number of anilines is 1. The fourth-order valence-electron chi connectivity index (χ4n) is 1.46. The fraction of sp³-hybridized carbons (Fsp3) is 0.357. The Balaban J connectivity index is 2.94. The van der Waals surface area contributed by atoms with Crippen molar-refractivity contribution in [1.82, 2.24) is 4.90 Å². The topological polar surface area (TPSA) is 23.6 Å². The quantitative estimate of drug-likeness (QED) is 0.819. The van der Waals surface area contributed by atoms with E-state index < -0.39 is 5.82 Å². The number of nitrogens with zero attached hydrogens (tertiary/aromatic N) is 2. The summed E-state index contributed by atoms with van der Waals surface area (Å²) in [5.41, 5.74) is 1.18. The van der Waals surface area contributed by atoms with Crippen molar-refractivity contribution in [3.05, 3.63) is 35.7 Å². The van der Waals surface area contributed by atoms with E-state index in [4.69, 9.17) is 0 Å². The van der Waals surface area contributed by atoms with Crippen molar-refractivity contribution in [3.63, 3.8) is 0 Å². The largest absolute Gasteiger partial charge is 0.313 e. The molecule has 0 aromatic heterocycles. The van der Waals surface area contributed by atoms with Crippen molar-refractivity contribution in [1.29, 1.82) is 0 Å². The standard InChI is InChI=1S/C14H19FN2O/c1-11(18)17(4)14-10-12(7-8-13(14)15)6-5-9-16(2)3/h5-8,10H,9H2,1-4H3. The summed E-state index contributed by atoms with van der Waals surface area (Å²) in [6.45, 7) is 2.23. The molecule has 0 unspecified atom stereocenters. The van der Waals surface area contributed by atoms with Gasteiger partial charge in [-0.25, -0.2) is 4.39 Å². The zero-order chi connectivity index (χ0) is 13.7. The normalized spacial score (nSPS) is 11.2. The predicted octanol–water partition coefficient (Wildman–Crippen LogP) is 2.38. The van der Waals surface area contributed by atoms with Crippen molar-refractivity contribution in [3.8, 4) is 0 Å². The molecule has 0 bridgehead atoms. The van der Waals surface area contributed by atoms with Crippen LogP contribution in [0.15, 0.2) is 24.3 Å². The Morgan fingerprint density at radius 1 is 1.33 bits per heavy atom. The SMILES string of the molecule is CC(=O)N(C)c1cc(C=CCN(C)C)ccc1F. The van der Waals surface area contributed by atoms with Crippen LogP contribution < -0.4 is 4.90 Å². The molecule has 0 fully saturated rings. The van der Waals surface area contributed by atoms with Crippen LogP contribution in [0.4, 0.5) is 10.1 Å². The number of carbonyl (C=O) groups excluding carboxylic acids is 1. The van der Waals surface area contributed by atoms with Gasteiger partial charge in [-0.2, -0.15) is 0 Å². The molecular formula is C14H19FN2O. The highest BCUT2D eigenvalue weighted by Crippen LogP contribution is 2.20. The molecule has 0 N–H and O–H groups in total. The van der Waals surface area contributed by atoms with Crippen LogP contribution in [0, 0.1) is 5.82 Å². The van der Waals surface area contributed by atoms with Crippen LogP contribution in [0.25, 0.3) is 6.08 Å². The van der Waals surface area contributed by atoms with E-state index >= 15 is 0 Å². The Kier molecular flexibility index (Phi) is 5.04. The van der Waals surface area contributed by atoms with Crippen LogP contribution in [0.2, 0.25) is 0 Å². The molecule has 1 amide bonds. The molecule has 0 radical (unpaired) electrons. The van der Waals surface area contributed by atoms with Crippen LogP contribution >= 0.6 is 0 Å². The highest BCUT2D eigenvalue weighted by atomic mass is 19.1. The van der Waals surface area contributed by atoms with E-state index in [0.29, 0.717) is 5.69 Å². The maximum atomic E-state index is 13.6. The van der Waals surface area contributed by atoms with E-state index in [-0.39, 0.29) is 5.91 Å². The molecule has 1 aromatic rings. The van der Waals surface area contributed by atoms with Gasteiger partial charge in [-0.15, -0.1) is 0 Å². The first-order chi connectivity index (χ1) is 8.41. The maximum absolute atomic E-state index is 13.6. The molecule has 0 aliphatic carbocycles. The first kappa shape index (κ1) is 14.4. The number of benzene rings is 1. The van der Waals surface area contributed by atoms with E-state index in [1.807, 2.05) is 31.1 Å². The van der Waals surface area contributed by atoms with Crippen molar-refractivity contribution in [2.24, 2.45) is 0 Å². The molecule has 0 aliphatic rings. The number of rotatable bonds is 4. The minimum absolute atomic E-state index is 0.191. The van der Waals surface area contributed by atoms with E-state index in [0.717, 1.165) is 12.1 Å². The first-order valence-electron chi connectivity index (χ1n) is 5.77. The van der Waals surface area contributed by atoms with Gasteiger partial charge in [-0.3, -0.25) is 4.79 Å². The predicted molar refractivity (Wildman–Crippen MR) is 73.1 cm³/mol. The lowest BCUT2D eigenvalue weighted by atomic mass is 10.1. The van der Waals surface area contributed by atoms with Crippen LogP contribution in [-0.4, -0.2) is 38.5 Å². The Morgan fingerprint density at radius 3 is 2.56 bits per heavy atom. The molecule has 1 aromatic carbocycles. The van der Waals surface area contributed by atoms with E-state index in [2.05, 4.69) is 0 Å². The van der Waals surface area contributed by atoms with Crippen LogP contribution in [0.1, 0.15) is 12.5 Å². The number of hydrogen-bond donors (Lipinski definition) is 0.